The molecular weight excluding hydrogens is 560 g/mol. The number of ether oxygens (including phenoxy) is 2. The molecular formula is C34H28N4O4S. The van der Waals surface area contributed by atoms with Gasteiger partial charge < -0.3 is 14.0 Å². The maximum Gasteiger partial charge on any atom is 0.338 e. The van der Waals surface area contributed by atoms with E-state index >= 15 is 0 Å². The van der Waals surface area contributed by atoms with Crippen molar-refractivity contribution in [2.24, 2.45) is 4.99 Å². The number of carbonyl (C=O) groups excluding carboxylic acids is 1. The summed E-state index contributed by atoms with van der Waals surface area (Å²) in [5, 5.41) is 10.6. The minimum Gasteiger partial charge on any atom is -0.496 e. The van der Waals surface area contributed by atoms with E-state index in [1.165, 1.54) is 11.3 Å². The Balaban J connectivity index is 1.54. The Bertz CT molecular complexity index is 2150. The molecule has 1 aliphatic rings. The lowest BCUT2D eigenvalue weighted by Crippen LogP contribution is -2.40. The number of hydrogen-bond acceptors (Lipinski definition) is 7. The first kappa shape index (κ1) is 27.9. The van der Waals surface area contributed by atoms with Gasteiger partial charge in [-0.3, -0.25) is 9.36 Å². The Morgan fingerprint density at radius 1 is 1.09 bits per heavy atom. The van der Waals surface area contributed by atoms with Crippen molar-refractivity contribution in [1.82, 2.24) is 9.13 Å². The first-order chi connectivity index (χ1) is 20.9. The molecule has 9 heteroatoms. The highest BCUT2D eigenvalue weighted by atomic mass is 32.1. The van der Waals surface area contributed by atoms with Crippen molar-refractivity contribution in [3.05, 3.63) is 132 Å². The van der Waals surface area contributed by atoms with E-state index in [2.05, 4.69) is 10.6 Å². The van der Waals surface area contributed by atoms with Crippen LogP contribution in [0, 0.1) is 11.3 Å². The zero-order valence-corrected chi connectivity index (χ0v) is 24.7. The van der Waals surface area contributed by atoms with Crippen LogP contribution >= 0.6 is 11.3 Å². The normalized spacial score (nSPS) is 14.7. The second-order valence-electron chi connectivity index (χ2n) is 10.0. The van der Waals surface area contributed by atoms with Crippen LogP contribution in [0.5, 0.6) is 5.75 Å². The lowest BCUT2D eigenvalue weighted by Gasteiger charge is -2.25. The number of aromatic nitrogens is 2. The van der Waals surface area contributed by atoms with E-state index in [9.17, 15) is 14.9 Å². The molecule has 0 fully saturated rings. The number of hydrogen-bond donors (Lipinski definition) is 0. The molecule has 0 amide bonds. The Hall–Kier alpha value is -5.20. The first-order valence-corrected chi connectivity index (χ1v) is 14.6. The molecule has 0 radical (unpaired) electrons. The SMILES string of the molecule is CCOC(=O)C1=C(C)N=c2s/c(=C/c3cn(Cc4ccccc4C#N)c4ccccc34)c(=O)n2[C@H]1c1ccccc1OC. The lowest BCUT2D eigenvalue weighted by atomic mass is 9.95. The van der Waals surface area contributed by atoms with Gasteiger partial charge in [0.15, 0.2) is 4.80 Å². The average molecular weight is 589 g/mol. The van der Waals surface area contributed by atoms with E-state index in [4.69, 9.17) is 14.5 Å². The summed E-state index contributed by atoms with van der Waals surface area (Å²) >= 11 is 1.28. The molecule has 0 N–H and O–H groups in total. The molecule has 8 nitrogen and oxygen atoms in total. The van der Waals surface area contributed by atoms with Gasteiger partial charge in [-0.05, 0) is 43.7 Å². The molecule has 0 unspecified atom stereocenters. The highest BCUT2D eigenvalue weighted by molar-refractivity contribution is 7.07. The van der Waals surface area contributed by atoms with E-state index in [-0.39, 0.29) is 12.2 Å². The number of methoxy groups -OCH3 is 1. The molecule has 0 saturated carbocycles. The van der Waals surface area contributed by atoms with E-state index in [0.29, 0.717) is 44.0 Å². The van der Waals surface area contributed by atoms with Crippen molar-refractivity contribution >= 4 is 34.3 Å². The number of benzene rings is 3. The zero-order chi connectivity index (χ0) is 30.1. The second-order valence-corrected chi connectivity index (χ2v) is 11.1. The molecule has 0 aliphatic carbocycles. The summed E-state index contributed by atoms with van der Waals surface area (Å²) in [7, 11) is 1.56. The highest BCUT2D eigenvalue weighted by Gasteiger charge is 2.35. The van der Waals surface area contributed by atoms with Gasteiger partial charge in [0.1, 0.15) is 11.8 Å². The minimum atomic E-state index is -0.766. The van der Waals surface area contributed by atoms with Gasteiger partial charge in [0, 0.05) is 34.8 Å². The van der Waals surface area contributed by atoms with Crippen LogP contribution in [0.15, 0.2) is 100 Å². The third-order valence-corrected chi connectivity index (χ3v) is 8.52. The van der Waals surface area contributed by atoms with Crippen molar-refractivity contribution in [1.29, 1.82) is 5.26 Å². The quantitative estimate of drug-likeness (QED) is 0.257. The number of esters is 1. The van der Waals surface area contributed by atoms with Crippen LogP contribution in [0.1, 0.15) is 42.1 Å². The van der Waals surface area contributed by atoms with Crippen LogP contribution in [0.3, 0.4) is 0 Å². The van der Waals surface area contributed by atoms with Crippen LogP contribution in [-0.4, -0.2) is 28.8 Å². The molecule has 3 heterocycles. The van der Waals surface area contributed by atoms with E-state index < -0.39 is 12.0 Å². The van der Waals surface area contributed by atoms with Gasteiger partial charge in [-0.15, -0.1) is 0 Å². The van der Waals surface area contributed by atoms with Gasteiger partial charge in [-0.25, -0.2) is 9.79 Å². The molecule has 0 spiro atoms. The first-order valence-electron chi connectivity index (χ1n) is 13.8. The molecule has 43 heavy (non-hydrogen) atoms. The van der Waals surface area contributed by atoms with Gasteiger partial charge in [0.2, 0.25) is 0 Å². The maximum atomic E-state index is 14.2. The van der Waals surface area contributed by atoms with E-state index in [1.54, 1.807) is 25.5 Å². The monoisotopic (exact) mass is 588 g/mol. The maximum absolute atomic E-state index is 14.2. The fourth-order valence-electron chi connectivity index (χ4n) is 5.59. The largest absolute Gasteiger partial charge is 0.496 e. The summed E-state index contributed by atoms with van der Waals surface area (Å²) in [5.74, 6) is 0.0361. The Morgan fingerprint density at radius 3 is 2.63 bits per heavy atom. The fraction of sp³-hybridized carbons (Fsp3) is 0.176. The summed E-state index contributed by atoms with van der Waals surface area (Å²) in [6.45, 7) is 4.21. The third-order valence-electron chi connectivity index (χ3n) is 7.54. The molecule has 0 bridgehead atoms. The summed E-state index contributed by atoms with van der Waals surface area (Å²) < 4.78 is 15.2. The Morgan fingerprint density at radius 2 is 1.84 bits per heavy atom. The van der Waals surface area contributed by atoms with Crippen molar-refractivity contribution in [3.63, 3.8) is 0 Å². The second kappa shape index (κ2) is 11.6. The predicted molar refractivity (Wildman–Crippen MR) is 166 cm³/mol. The number of para-hydroxylation sites is 2. The predicted octanol–water partition coefficient (Wildman–Crippen LogP) is 4.68. The molecule has 214 valence electrons. The van der Waals surface area contributed by atoms with Crippen LogP contribution in [0.25, 0.3) is 17.0 Å². The van der Waals surface area contributed by atoms with Crippen molar-refractivity contribution in [2.45, 2.75) is 26.4 Å². The molecule has 2 aromatic heterocycles. The highest BCUT2D eigenvalue weighted by Crippen LogP contribution is 2.35. The molecule has 0 saturated heterocycles. The van der Waals surface area contributed by atoms with Crippen LogP contribution < -0.4 is 19.6 Å². The summed E-state index contributed by atoms with van der Waals surface area (Å²) in [6.07, 6.45) is 3.88. The van der Waals surface area contributed by atoms with Gasteiger partial charge in [-0.2, -0.15) is 5.26 Å². The molecule has 1 aliphatic heterocycles. The smallest absolute Gasteiger partial charge is 0.338 e. The minimum absolute atomic E-state index is 0.196. The molecule has 3 aromatic carbocycles. The van der Waals surface area contributed by atoms with E-state index in [0.717, 1.165) is 22.0 Å². The molecule has 6 rings (SSSR count). The third kappa shape index (κ3) is 4.96. The van der Waals surface area contributed by atoms with Gasteiger partial charge in [0.25, 0.3) is 5.56 Å². The number of fused-ring (bicyclic) bond motifs is 2. The average Bonchev–Trinajstić information content (AvgIpc) is 3.52. The van der Waals surface area contributed by atoms with Crippen LogP contribution in [-0.2, 0) is 16.1 Å². The van der Waals surface area contributed by atoms with Crippen molar-refractivity contribution in [3.8, 4) is 11.8 Å². The van der Waals surface area contributed by atoms with E-state index in [1.807, 2.05) is 85.1 Å². The number of thiazole rings is 1. The van der Waals surface area contributed by atoms with Gasteiger partial charge in [0.05, 0.1) is 41.2 Å². The number of rotatable bonds is 7. The van der Waals surface area contributed by atoms with Crippen molar-refractivity contribution < 1.29 is 14.3 Å². The fourth-order valence-corrected chi connectivity index (χ4v) is 6.63. The Labute approximate surface area is 251 Å². The number of nitrogens with zero attached hydrogens (tertiary/aromatic N) is 4. The number of allylic oxidation sites excluding steroid dienone is 1. The zero-order valence-electron chi connectivity index (χ0n) is 23.9. The van der Waals surface area contributed by atoms with Gasteiger partial charge in [-0.1, -0.05) is 65.9 Å². The van der Waals surface area contributed by atoms with Gasteiger partial charge >= 0.3 is 5.97 Å². The summed E-state index contributed by atoms with van der Waals surface area (Å²) in [6, 6.07) is 24.4. The summed E-state index contributed by atoms with van der Waals surface area (Å²) in [4.78, 5) is 32.6. The molecule has 5 aromatic rings. The Kier molecular flexibility index (Phi) is 7.53. The lowest BCUT2D eigenvalue weighted by molar-refractivity contribution is -0.139. The number of nitriles is 1. The van der Waals surface area contributed by atoms with Crippen LogP contribution in [0.2, 0.25) is 0 Å². The topological polar surface area (TPSA) is 98.6 Å². The summed E-state index contributed by atoms with van der Waals surface area (Å²) in [5.41, 5.74) is 4.60. The molecule has 1 atom stereocenters. The standard InChI is InChI=1S/C34H28N4O4S/c1-4-42-33(40)30-21(2)36-34-38(31(30)26-14-8-10-16-28(26)41-3)32(39)29(43-34)17-24-20-37(27-15-9-7-13-25(24)27)19-23-12-6-5-11-22(23)18-35/h5-17,20,31H,4,19H2,1-3H3/b29-17+/t31-/m0/s1. The van der Waals surface area contributed by atoms with Crippen molar-refractivity contribution in [2.75, 3.05) is 13.7 Å². The van der Waals surface area contributed by atoms with Crippen LogP contribution in [0.4, 0.5) is 0 Å². The number of carbonyl (C=O) groups is 1.